The highest BCUT2D eigenvalue weighted by Crippen LogP contribution is 2.14. The molecule has 0 bridgehead atoms. The average Bonchev–Trinajstić information content (AvgIpc) is 2.50. The fourth-order valence-electron chi connectivity index (χ4n) is 1.07. The van der Waals surface area contributed by atoms with Crippen LogP contribution >= 0.6 is 11.3 Å². The molecule has 0 unspecified atom stereocenters. The van der Waals surface area contributed by atoms with Crippen molar-refractivity contribution in [1.29, 1.82) is 0 Å². The number of hydrogen-bond acceptors (Lipinski definition) is 2. The van der Waals surface area contributed by atoms with E-state index in [0.29, 0.717) is 6.42 Å². The van der Waals surface area contributed by atoms with Crippen LogP contribution in [0.1, 0.15) is 23.0 Å². The quantitative estimate of drug-likeness (QED) is 0.556. The van der Waals surface area contributed by atoms with Gasteiger partial charge in [-0.3, -0.25) is 4.79 Å². The van der Waals surface area contributed by atoms with Gasteiger partial charge < -0.3 is 0 Å². The van der Waals surface area contributed by atoms with E-state index >= 15 is 0 Å². The highest BCUT2D eigenvalue weighted by molar-refractivity contribution is 7.27. The van der Waals surface area contributed by atoms with Gasteiger partial charge in [-0.05, 0) is 10.6 Å². The van der Waals surface area contributed by atoms with Crippen molar-refractivity contribution in [2.24, 2.45) is 0 Å². The highest BCUT2D eigenvalue weighted by Gasteiger charge is 2.19. The fraction of sp³-hybridized carbons (Fsp3) is 0.500. The second-order valence-electron chi connectivity index (χ2n) is 4.19. The van der Waals surface area contributed by atoms with Crippen LogP contribution in [-0.4, -0.2) is 13.9 Å². The summed E-state index contributed by atoms with van der Waals surface area (Å²) < 4.78 is 1.42. The van der Waals surface area contributed by atoms with Gasteiger partial charge in [0.15, 0.2) is 5.78 Å². The van der Waals surface area contributed by atoms with Crippen LogP contribution in [0.15, 0.2) is 12.1 Å². The number of hydrogen-bond donors (Lipinski definition) is 0. The Kier molecular flexibility index (Phi) is 3.08. The van der Waals surface area contributed by atoms with E-state index in [2.05, 4.69) is 25.7 Å². The van der Waals surface area contributed by atoms with Gasteiger partial charge in [-0.25, -0.2) is 0 Å². The first-order valence-corrected chi connectivity index (χ1v) is 8.90. The standard InChI is InChI=1S/C10H16OSSi/c1-5-8(11)9-6-7-10(12-9)13(2,3)4/h6-7H,5H2,1-4H3. The van der Waals surface area contributed by atoms with E-state index in [9.17, 15) is 4.79 Å². The molecule has 0 spiro atoms. The van der Waals surface area contributed by atoms with Gasteiger partial charge in [0.05, 0.1) is 13.0 Å². The van der Waals surface area contributed by atoms with Crippen molar-refractivity contribution >= 4 is 29.7 Å². The minimum Gasteiger partial charge on any atom is -0.293 e. The zero-order valence-corrected chi connectivity index (χ0v) is 10.5. The van der Waals surface area contributed by atoms with Crippen molar-refractivity contribution in [3.8, 4) is 0 Å². The van der Waals surface area contributed by atoms with E-state index in [4.69, 9.17) is 0 Å². The zero-order chi connectivity index (χ0) is 10.1. The number of carbonyl (C=O) groups is 1. The summed E-state index contributed by atoms with van der Waals surface area (Å²) in [4.78, 5) is 12.3. The Hall–Kier alpha value is -0.413. The van der Waals surface area contributed by atoms with E-state index in [1.165, 1.54) is 4.50 Å². The van der Waals surface area contributed by atoms with Gasteiger partial charge in [0, 0.05) is 6.42 Å². The lowest BCUT2D eigenvalue weighted by atomic mass is 10.3. The predicted molar refractivity (Wildman–Crippen MR) is 61.9 cm³/mol. The molecule has 0 saturated heterocycles. The van der Waals surface area contributed by atoms with E-state index in [1.54, 1.807) is 11.3 Å². The summed E-state index contributed by atoms with van der Waals surface area (Å²) in [6.45, 7) is 8.83. The first kappa shape index (κ1) is 10.7. The van der Waals surface area contributed by atoms with Crippen molar-refractivity contribution in [3.63, 3.8) is 0 Å². The molecule has 72 valence electrons. The number of ketones is 1. The van der Waals surface area contributed by atoms with Crippen molar-refractivity contribution in [1.82, 2.24) is 0 Å². The molecule has 0 radical (unpaired) electrons. The molecular formula is C10H16OSSi. The van der Waals surface area contributed by atoms with Gasteiger partial charge in [0.2, 0.25) is 0 Å². The minimum absolute atomic E-state index is 0.273. The second-order valence-corrected chi connectivity index (χ2v) is 10.7. The Morgan fingerprint density at radius 2 is 2.00 bits per heavy atom. The highest BCUT2D eigenvalue weighted by atomic mass is 32.1. The van der Waals surface area contributed by atoms with E-state index in [0.717, 1.165) is 4.88 Å². The summed E-state index contributed by atoms with van der Waals surface area (Å²) in [6, 6.07) is 4.10. The fourth-order valence-corrected chi connectivity index (χ4v) is 3.97. The van der Waals surface area contributed by atoms with Crippen LogP contribution in [0.3, 0.4) is 0 Å². The molecule has 3 heteroatoms. The first-order chi connectivity index (χ1) is 5.95. The molecule has 13 heavy (non-hydrogen) atoms. The van der Waals surface area contributed by atoms with Crippen molar-refractivity contribution in [3.05, 3.63) is 17.0 Å². The number of rotatable bonds is 3. The lowest BCUT2D eigenvalue weighted by molar-refractivity contribution is 0.0992. The Balaban J connectivity index is 2.93. The van der Waals surface area contributed by atoms with Crippen LogP contribution < -0.4 is 4.50 Å². The SMILES string of the molecule is CCC(=O)c1ccc([Si](C)(C)C)s1. The third-order valence-corrected chi connectivity index (χ3v) is 6.67. The summed E-state index contributed by atoms with van der Waals surface area (Å²) in [5.41, 5.74) is 0. The van der Waals surface area contributed by atoms with Crippen molar-refractivity contribution < 1.29 is 4.79 Å². The molecule has 0 aliphatic carbocycles. The van der Waals surface area contributed by atoms with Gasteiger partial charge in [0.1, 0.15) is 0 Å². The monoisotopic (exact) mass is 212 g/mol. The number of thiophene rings is 1. The number of Topliss-reactive ketones (excluding diaryl/α,β-unsaturated/α-hetero) is 1. The van der Waals surface area contributed by atoms with Crippen molar-refractivity contribution in [2.75, 3.05) is 0 Å². The minimum atomic E-state index is -1.20. The third-order valence-electron chi connectivity index (χ3n) is 1.94. The molecule has 0 aliphatic rings. The maximum Gasteiger partial charge on any atom is 0.172 e. The Morgan fingerprint density at radius 1 is 1.38 bits per heavy atom. The van der Waals surface area contributed by atoms with Crippen LogP contribution in [-0.2, 0) is 0 Å². The second kappa shape index (κ2) is 3.76. The maximum atomic E-state index is 11.4. The molecule has 0 fully saturated rings. The molecule has 0 aliphatic heterocycles. The molecule has 1 heterocycles. The van der Waals surface area contributed by atoms with Crippen molar-refractivity contribution in [2.45, 2.75) is 33.0 Å². The summed E-state index contributed by atoms with van der Waals surface area (Å²) in [5, 5.41) is 0. The molecule has 0 amide bonds. The molecule has 1 nitrogen and oxygen atoms in total. The van der Waals surface area contributed by atoms with Gasteiger partial charge in [-0.1, -0.05) is 32.6 Å². The number of carbonyl (C=O) groups excluding carboxylic acids is 1. The summed E-state index contributed by atoms with van der Waals surface area (Å²) in [7, 11) is -1.20. The molecule has 1 aromatic rings. The van der Waals surface area contributed by atoms with Crippen LogP contribution in [0, 0.1) is 0 Å². The zero-order valence-electron chi connectivity index (χ0n) is 8.68. The van der Waals surface area contributed by atoms with E-state index in [1.807, 2.05) is 13.0 Å². The lowest BCUT2D eigenvalue weighted by Crippen LogP contribution is -2.34. The van der Waals surface area contributed by atoms with Crippen LogP contribution in [0.4, 0.5) is 0 Å². The topological polar surface area (TPSA) is 17.1 Å². The van der Waals surface area contributed by atoms with Gasteiger partial charge in [-0.15, -0.1) is 11.3 Å². The van der Waals surface area contributed by atoms with Gasteiger partial charge in [0.25, 0.3) is 0 Å². The molecule has 0 N–H and O–H groups in total. The van der Waals surface area contributed by atoms with E-state index in [-0.39, 0.29) is 5.78 Å². The Morgan fingerprint density at radius 3 is 2.38 bits per heavy atom. The largest absolute Gasteiger partial charge is 0.293 e. The smallest absolute Gasteiger partial charge is 0.172 e. The molecule has 0 saturated carbocycles. The molecule has 0 aromatic carbocycles. The van der Waals surface area contributed by atoms with Crippen LogP contribution in [0.25, 0.3) is 0 Å². The van der Waals surface area contributed by atoms with Gasteiger partial charge in [-0.2, -0.15) is 0 Å². The van der Waals surface area contributed by atoms with Gasteiger partial charge >= 0.3 is 0 Å². The van der Waals surface area contributed by atoms with Crippen LogP contribution in [0.2, 0.25) is 19.6 Å². The average molecular weight is 212 g/mol. The summed E-state index contributed by atoms with van der Waals surface area (Å²) >= 11 is 1.68. The van der Waals surface area contributed by atoms with E-state index < -0.39 is 8.07 Å². The predicted octanol–water partition coefficient (Wildman–Crippen LogP) is 2.89. The Bertz CT molecular complexity index is 309. The molecular weight excluding hydrogens is 196 g/mol. The normalized spacial score (nSPS) is 11.7. The lowest BCUT2D eigenvalue weighted by Gasteiger charge is -2.12. The Labute approximate surface area is 84.8 Å². The van der Waals surface area contributed by atoms with Crippen LogP contribution in [0.5, 0.6) is 0 Å². The summed E-state index contributed by atoms with van der Waals surface area (Å²) in [6.07, 6.45) is 0.617. The molecule has 0 atom stereocenters. The third kappa shape index (κ3) is 2.51. The summed E-state index contributed by atoms with van der Waals surface area (Å²) in [5.74, 6) is 0.273. The molecule has 1 aromatic heterocycles. The first-order valence-electron chi connectivity index (χ1n) is 4.58. The maximum absolute atomic E-state index is 11.4. The molecule has 1 rings (SSSR count).